The summed E-state index contributed by atoms with van der Waals surface area (Å²) in [6.07, 6.45) is 4.22. The summed E-state index contributed by atoms with van der Waals surface area (Å²) >= 11 is 0. The van der Waals surface area contributed by atoms with Crippen molar-refractivity contribution in [1.82, 2.24) is 24.5 Å². The van der Waals surface area contributed by atoms with Gasteiger partial charge in [-0.05, 0) is 24.7 Å². The number of fused-ring (bicyclic) bond motifs is 1. The highest BCUT2D eigenvalue weighted by Gasteiger charge is 2.32. The van der Waals surface area contributed by atoms with E-state index >= 15 is 0 Å². The molecule has 2 unspecified atom stereocenters. The predicted molar refractivity (Wildman–Crippen MR) is 87.6 cm³/mol. The van der Waals surface area contributed by atoms with Crippen molar-refractivity contribution in [3.63, 3.8) is 0 Å². The van der Waals surface area contributed by atoms with Gasteiger partial charge in [-0.25, -0.2) is 9.36 Å². The third-order valence-electron chi connectivity index (χ3n) is 4.34. The Kier molecular flexibility index (Phi) is 3.14. The first kappa shape index (κ1) is 13.9. The van der Waals surface area contributed by atoms with Gasteiger partial charge in [-0.2, -0.15) is 10.1 Å². The smallest absolute Gasteiger partial charge is 0.269 e. The molecule has 0 spiro atoms. The number of carbonyl (C=O) groups excluding carboxylic acids is 1. The predicted octanol–water partition coefficient (Wildman–Crippen LogP) is 1.33. The van der Waals surface area contributed by atoms with Crippen LogP contribution in [0.3, 0.4) is 0 Å². The molecule has 2 atom stereocenters. The molecule has 0 fully saturated rings. The highest BCUT2D eigenvalue weighted by atomic mass is 16.1. The molecule has 0 bridgehead atoms. The third kappa shape index (κ3) is 2.28. The number of ketones is 1. The van der Waals surface area contributed by atoms with Gasteiger partial charge in [0.1, 0.15) is 13.7 Å². The summed E-state index contributed by atoms with van der Waals surface area (Å²) in [7, 11) is 2.16. The lowest BCUT2D eigenvalue weighted by molar-refractivity contribution is 0.101. The van der Waals surface area contributed by atoms with Crippen molar-refractivity contribution in [2.45, 2.75) is 25.2 Å². The maximum atomic E-state index is 11.4. The Morgan fingerprint density at radius 2 is 2.09 bits per heavy atom. The summed E-state index contributed by atoms with van der Waals surface area (Å²) in [6, 6.07) is 10.5. The molecule has 0 radical (unpaired) electrons. The van der Waals surface area contributed by atoms with Crippen LogP contribution in [-0.2, 0) is 0 Å². The first-order chi connectivity index (χ1) is 11.1. The van der Waals surface area contributed by atoms with Gasteiger partial charge in [-0.15, -0.1) is 5.10 Å². The number of aromatic nitrogens is 5. The van der Waals surface area contributed by atoms with Gasteiger partial charge in [-0.3, -0.25) is 4.79 Å². The Balaban J connectivity index is 1.74. The second-order valence-corrected chi connectivity index (χ2v) is 6.01. The summed E-state index contributed by atoms with van der Waals surface area (Å²) in [5.74, 6) is 1.80. The lowest BCUT2D eigenvalue weighted by atomic mass is 9.83. The Morgan fingerprint density at radius 3 is 2.78 bits per heavy atom. The SMILES string of the molecule is BC1CC(c2ccccc2)n2nc(-n3cc(C(C)=O)cn3)nc21. The summed E-state index contributed by atoms with van der Waals surface area (Å²) in [4.78, 5) is 16.1. The van der Waals surface area contributed by atoms with Crippen LogP contribution in [0.4, 0.5) is 0 Å². The lowest BCUT2D eigenvalue weighted by Gasteiger charge is -2.11. The van der Waals surface area contributed by atoms with Crippen LogP contribution in [0.1, 0.15) is 46.9 Å². The Hall–Kier alpha value is -2.70. The van der Waals surface area contributed by atoms with Crippen LogP contribution >= 0.6 is 0 Å². The van der Waals surface area contributed by atoms with E-state index in [1.807, 2.05) is 22.9 Å². The Morgan fingerprint density at radius 1 is 1.30 bits per heavy atom. The standard InChI is InChI=1S/C16H16BN5O/c1-10(23)12-8-18-21(9-12)16-19-15-13(17)7-14(22(15)20-16)11-5-3-2-4-6-11/h2-6,8-9,13-14H,7,17H2,1H3. The van der Waals surface area contributed by atoms with E-state index in [-0.39, 0.29) is 11.8 Å². The summed E-state index contributed by atoms with van der Waals surface area (Å²) in [6.45, 7) is 1.52. The van der Waals surface area contributed by atoms with Crippen LogP contribution in [-0.4, -0.2) is 38.2 Å². The van der Waals surface area contributed by atoms with Gasteiger partial charge in [0.25, 0.3) is 5.95 Å². The van der Waals surface area contributed by atoms with Gasteiger partial charge >= 0.3 is 0 Å². The van der Waals surface area contributed by atoms with E-state index in [2.05, 4.69) is 35.2 Å². The zero-order valence-corrected chi connectivity index (χ0v) is 13.0. The van der Waals surface area contributed by atoms with Crippen molar-refractivity contribution >= 4 is 13.6 Å². The van der Waals surface area contributed by atoms with Gasteiger partial charge in [0.2, 0.25) is 0 Å². The average molecular weight is 305 g/mol. The maximum absolute atomic E-state index is 11.4. The van der Waals surface area contributed by atoms with Gasteiger partial charge in [0.15, 0.2) is 5.78 Å². The van der Waals surface area contributed by atoms with E-state index in [9.17, 15) is 4.79 Å². The highest BCUT2D eigenvalue weighted by Crippen LogP contribution is 2.36. The number of benzene rings is 1. The molecule has 1 aromatic carbocycles. The quantitative estimate of drug-likeness (QED) is 0.541. The second kappa shape index (κ2) is 5.19. The van der Waals surface area contributed by atoms with Gasteiger partial charge < -0.3 is 0 Å². The summed E-state index contributed by atoms with van der Waals surface area (Å²) < 4.78 is 3.56. The molecule has 4 rings (SSSR count). The van der Waals surface area contributed by atoms with E-state index < -0.39 is 0 Å². The summed E-state index contributed by atoms with van der Waals surface area (Å²) in [5, 5.41) is 8.84. The minimum Gasteiger partial charge on any atom is -0.294 e. The van der Waals surface area contributed by atoms with Gasteiger partial charge in [0.05, 0.1) is 17.8 Å². The molecule has 6 nitrogen and oxygen atoms in total. The van der Waals surface area contributed by atoms with Crippen LogP contribution in [0.25, 0.3) is 5.95 Å². The maximum Gasteiger partial charge on any atom is 0.269 e. The second-order valence-electron chi connectivity index (χ2n) is 6.01. The van der Waals surface area contributed by atoms with Crippen LogP contribution < -0.4 is 0 Å². The molecule has 114 valence electrons. The molecule has 23 heavy (non-hydrogen) atoms. The van der Waals surface area contributed by atoms with E-state index in [1.54, 1.807) is 17.1 Å². The molecule has 3 aromatic rings. The Bertz CT molecular complexity index is 870. The fraction of sp³-hybridized carbons (Fsp3) is 0.250. The first-order valence-corrected chi connectivity index (χ1v) is 7.71. The van der Waals surface area contributed by atoms with E-state index in [0.29, 0.717) is 17.3 Å². The molecule has 3 heterocycles. The Labute approximate surface area is 134 Å². The first-order valence-electron chi connectivity index (χ1n) is 7.71. The number of carbonyl (C=O) groups is 1. The van der Waals surface area contributed by atoms with E-state index in [4.69, 9.17) is 0 Å². The average Bonchev–Trinajstić information content (AvgIpc) is 3.24. The third-order valence-corrected chi connectivity index (χ3v) is 4.34. The zero-order valence-electron chi connectivity index (χ0n) is 13.0. The number of hydrogen-bond acceptors (Lipinski definition) is 4. The molecule has 1 aliphatic rings. The van der Waals surface area contributed by atoms with Crippen LogP contribution in [0, 0.1) is 0 Å². The lowest BCUT2D eigenvalue weighted by Crippen LogP contribution is -2.08. The molecular formula is C16H16BN5O. The normalized spacial score (nSPS) is 19.7. The monoisotopic (exact) mass is 305 g/mol. The van der Waals surface area contributed by atoms with Crippen LogP contribution in [0.5, 0.6) is 0 Å². The van der Waals surface area contributed by atoms with Crippen molar-refractivity contribution < 1.29 is 4.79 Å². The van der Waals surface area contributed by atoms with Crippen molar-refractivity contribution in [2.75, 3.05) is 0 Å². The molecule has 0 amide bonds. The molecule has 0 saturated heterocycles. The molecule has 0 saturated carbocycles. The highest BCUT2D eigenvalue weighted by molar-refractivity contribution is 6.12. The topological polar surface area (TPSA) is 65.6 Å². The van der Waals surface area contributed by atoms with E-state index in [1.165, 1.54) is 12.5 Å². The zero-order chi connectivity index (χ0) is 16.0. The van der Waals surface area contributed by atoms with Crippen LogP contribution in [0.2, 0.25) is 0 Å². The molecule has 2 aromatic heterocycles. The van der Waals surface area contributed by atoms with Gasteiger partial charge in [0, 0.05) is 6.20 Å². The van der Waals surface area contributed by atoms with E-state index in [0.717, 1.165) is 12.2 Å². The fourth-order valence-electron chi connectivity index (χ4n) is 3.09. The number of nitrogens with zero attached hydrogens (tertiary/aromatic N) is 5. The van der Waals surface area contributed by atoms with Crippen molar-refractivity contribution in [3.8, 4) is 5.95 Å². The molecule has 7 heteroatoms. The largest absolute Gasteiger partial charge is 0.294 e. The summed E-state index contributed by atoms with van der Waals surface area (Å²) in [5.41, 5.74) is 1.80. The van der Waals surface area contributed by atoms with Gasteiger partial charge in [-0.1, -0.05) is 30.3 Å². The molecular weight excluding hydrogens is 289 g/mol. The number of rotatable bonds is 3. The minimum atomic E-state index is -0.0152. The molecule has 0 N–H and O–H groups in total. The number of hydrogen-bond donors (Lipinski definition) is 0. The van der Waals surface area contributed by atoms with Crippen LogP contribution in [0.15, 0.2) is 42.7 Å². The molecule has 0 aliphatic carbocycles. The van der Waals surface area contributed by atoms with Crippen molar-refractivity contribution in [2.24, 2.45) is 0 Å². The van der Waals surface area contributed by atoms with Crippen molar-refractivity contribution in [3.05, 3.63) is 59.7 Å². The minimum absolute atomic E-state index is 0.0152. The molecule has 1 aliphatic heterocycles. The fourth-order valence-corrected chi connectivity index (χ4v) is 3.09. The number of Topliss-reactive ketones (excluding diaryl/α,β-unsaturated/α-hetero) is 1. The van der Waals surface area contributed by atoms with Crippen molar-refractivity contribution in [1.29, 1.82) is 0 Å².